The lowest BCUT2D eigenvalue weighted by molar-refractivity contribution is -0.120. The minimum absolute atomic E-state index is 0.0000216. The first-order chi connectivity index (χ1) is 10.2. The highest BCUT2D eigenvalue weighted by atomic mass is 35.5. The normalized spacial score (nSPS) is 11.0. The zero-order valence-corrected chi connectivity index (χ0v) is 14.2. The quantitative estimate of drug-likeness (QED) is 0.710. The summed E-state index contributed by atoms with van der Waals surface area (Å²) in [5.41, 5.74) is 0.218. The lowest BCUT2D eigenvalue weighted by atomic mass is 10.2. The van der Waals surface area contributed by atoms with Crippen molar-refractivity contribution in [1.29, 1.82) is 0 Å². The van der Waals surface area contributed by atoms with Crippen molar-refractivity contribution in [2.24, 2.45) is 0 Å². The van der Waals surface area contributed by atoms with E-state index in [1.807, 2.05) is 0 Å². The highest BCUT2D eigenvalue weighted by Crippen LogP contribution is 2.20. The van der Waals surface area contributed by atoms with E-state index in [9.17, 15) is 18.0 Å². The summed E-state index contributed by atoms with van der Waals surface area (Å²) in [5, 5.41) is 5.53. The van der Waals surface area contributed by atoms with Gasteiger partial charge in [-0.3, -0.25) is 9.59 Å². The molecule has 0 saturated heterocycles. The van der Waals surface area contributed by atoms with Gasteiger partial charge in [-0.25, -0.2) is 8.42 Å². The fourth-order valence-electron chi connectivity index (χ4n) is 1.55. The van der Waals surface area contributed by atoms with Crippen LogP contribution in [0.5, 0.6) is 0 Å². The Morgan fingerprint density at radius 1 is 1.18 bits per heavy atom. The number of carbonyl (C=O) groups excluding carboxylic acids is 2. The molecule has 0 fully saturated rings. The van der Waals surface area contributed by atoms with Crippen molar-refractivity contribution in [2.45, 2.75) is 6.42 Å². The summed E-state index contributed by atoms with van der Waals surface area (Å²) in [5.74, 6) is -0.903. The van der Waals surface area contributed by atoms with Crippen LogP contribution < -0.4 is 10.6 Å². The Kier molecular flexibility index (Phi) is 7.12. The van der Waals surface area contributed by atoms with E-state index in [0.29, 0.717) is 11.4 Å². The maximum atomic E-state index is 11.8. The predicted molar refractivity (Wildman–Crippen MR) is 86.1 cm³/mol. The Labute approximate surface area is 139 Å². The van der Waals surface area contributed by atoms with E-state index in [1.165, 1.54) is 18.2 Å². The van der Waals surface area contributed by atoms with Crippen molar-refractivity contribution in [3.05, 3.63) is 33.8 Å². The number of hydrogen-bond acceptors (Lipinski definition) is 4. The monoisotopic (exact) mass is 366 g/mol. The second-order valence-electron chi connectivity index (χ2n) is 4.64. The zero-order valence-electron chi connectivity index (χ0n) is 11.9. The third-order valence-corrected chi connectivity index (χ3v) is 4.18. The smallest absolute Gasteiger partial charge is 0.253 e. The van der Waals surface area contributed by atoms with Crippen molar-refractivity contribution >= 4 is 44.9 Å². The van der Waals surface area contributed by atoms with Crippen LogP contribution in [0.25, 0.3) is 0 Å². The molecule has 0 saturated carbocycles. The summed E-state index contributed by atoms with van der Waals surface area (Å²) in [6.45, 7) is 0.000137. The van der Waals surface area contributed by atoms with E-state index in [2.05, 4.69) is 10.6 Å². The van der Waals surface area contributed by atoms with Crippen LogP contribution in [0.1, 0.15) is 16.8 Å². The van der Waals surface area contributed by atoms with Crippen LogP contribution in [-0.2, 0) is 14.6 Å². The SMILES string of the molecule is CS(=O)(=O)CCCNC(=O)CNC(=O)c1ccc(Cl)cc1Cl. The Morgan fingerprint density at radius 2 is 1.86 bits per heavy atom. The van der Waals surface area contributed by atoms with E-state index in [4.69, 9.17) is 23.2 Å². The minimum Gasteiger partial charge on any atom is -0.355 e. The summed E-state index contributed by atoms with van der Waals surface area (Å²) in [7, 11) is -3.04. The summed E-state index contributed by atoms with van der Waals surface area (Å²) in [6, 6.07) is 4.42. The molecule has 0 bridgehead atoms. The molecule has 9 heteroatoms. The molecule has 0 radical (unpaired) electrons. The van der Waals surface area contributed by atoms with Crippen LogP contribution in [0.3, 0.4) is 0 Å². The van der Waals surface area contributed by atoms with Crippen molar-refractivity contribution in [3.63, 3.8) is 0 Å². The number of carbonyl (C=O) groups is 2. The molecule has 1 aromatic rings. The van der Waals surface area contributed by atoms with Gasteiger partial charge in [0.25, 0.3) is 5.91 Å². The summed E-state index contributed by atoms with van der Waals surface area (Å²) in [4.78, 5) is 23.4. The topological polar surface area (TPSA) is 92.3 Å². The fourth-order valence-corrected chi connectivity index (χ4v) is 2.72. The van der Waals surface area contributed by atoms with Gasteiger partial charge in [0, 0.05) is 17.8 Å². The number of rotatable bonds is 7. The molecule has 6 nitrogen and oxygen atoms in total. The summed E-state index contributed by atoms with van der Waals surface area (Å²) >= 11 is 11.6. The molecule has 2 N–H and O–H groups in total. The van der Waals surface area contributed by atoms with Crippen LogP contribution in [0.2, 0.25) is 10.0 Å². The molecule has 0 spiro atoms. The van der Waals surface area contributed by atoms with Gasteiger partial charge in [0.1, 0.15) is 9.84 Å². The minimum atomic E-state index is -3.04. The van der Waals surface area contributed by atoms with Gasteiger partial charge in [0.15, 0.2) is 0 Å². The summed E-state index contributed by atoms with van der Waals surface area (Å²) < 4.78 is 21.8. The fraction of sp³-hybridized carbons (Fsp3) is 0.385. The standard InChI is InChI=1S/C13H16Cl2N2O4S/c1-22(20,21)6-2-5-16-12(18)8-17-13(19)10-4-3-9(14)7-11(10)15/h3-4,7H,2,5-6,8H2,1H3,(H,16,18)(H,17,19). The lowest BCUT2D eigenvalue weighted by Crippen LogP contribution is -2.37. The molecule has 1 aromatic carbocycles. The van der Waals surface area contributed by atoms with Crippen molar-refractivity contribution in [1.82, 2.24) is 10.6 Å². The second-order valence-corrected chi connectivity index (χ2v) is 7.74. The van der Waals surface area contributed by atoms with Gasteiger partial charge in [-0.1, -0.05) is 23.2 Å². The number of nitrogens with one attached hydrogen (secondary N) is 2. The third-order valence-electron chi connectivity index (χ3n) is 2.60. The molecule has 0 atom stereocenters. The molecule has 0 aliphatic carbocycles. The molecule has 0 unspecified atom stereocenters. The van der Waals surface area contributed by atoms with Gasteiger partial charge in [-0.2, -0.15) is 0 Å². The van der Waals surface area contributed by atoms with Crippen LogP contribution >= 0.6 is 23.2 Å². The number of benzene rings is 1. The van der Waals surface area contributed by atoms with E-state index in [1.54, 1.807) is 0 Å². The van der Waals surface area contributed by atoms with Gasteiger partial charge in [0.2, 0.25) is 5.91 Å². The highest BCUT2D eigenvalue weighted by Gasteiger charge is 2.12. The first-order valence-corrected chi connectivity index (χ1v) is 9.18. The van der Waals surface area contributed by atoms with Crippen molar-refractivity contribution in [2.75, 3.05) is 25.1 Å². The number of halogens is 2. The van der Waals surface area contributed by atoms with E-state index >= 15 is 0 Å². The van der Waals surface area contributed by atoms with Gasteiger partial charge in [-0.05, 0) is 24.6 Å². The third kappa shape index (κ3) is 7.11. The molecule has 22 heavy (non-hydrogen) atoms. The molecular weight excluding hydrogens is 351 g/mol. The van der Waals surface area contributed by atoms with Crippen molar-refractivity contribution < 1.29 is 18.0 Å². The second kappa shape index (κ2) is 8.36. The predicted octanol–water partition coefficient (Wildman–Crippen LogP) is 1.27. The van der Waals surface area contributed by atoms with E-state index in [0.717, 1.165) is 6.26 Å². The lowest BCUT2D eigenvalue weighted by Gasteiger charge is -2.08. The largest absolute Gasteiger partial charge is 0.355 e. The molecule has 0 heterocycles. The first-order valence-electron chi connectivity index (χ1n) is 6.37. The molecule has 0 aliphatic rings. The van der Waals surface area contributed by atoms with Crippen LogP contribution in [-0.4, -0.2) is 45.3 Å². The average molecular weight is 367 g/mol. The molecule has 0 aliphatic heterocycles. The van der Waals surface area contributed by atoms with E-state index < -0.39 is 21.7 Å². The summed E-state index contributed by atoms with van der Waals surface area (Å²) in [6.07, 6.45) is 1.45. The Bertz CT molecular complexity index is 662. The number of sulfone groups is 1. The maximum absolute atomic E-state index is 11.8. The van der Waals surface area contributed by atoms with E-state index in [-0.39, 0.29) is 29.4 Å². The molecule has 1 rings (SSSR count). The Hall–Kier alpha value is -1.31. The molecule has 122 valence electrons. The maximum Gasteiger partial charge on any atom is 0.253 e. The number of amides is 2. The van der Waals surface area contributed by atoms with Gasteiger partial charge >= 0.3 is 0 Å². The van der Waals surface area contributed by atoms with Gasteiger partial charge in [-0.15, -0.1) is 0 Å². The Morgan fingerprint density at radius 3 is 2.45 bits per heavy atom. The zero-order chi connectivity index (χ0) is 16.8. The number of hydrogen-bond donors (Lipinski definition) is 2. The van der Waals surface area contributed by atoms with Gasteiger partial charge in [0.05, 0.1) is 22.9 Å². The van der Waals surface area contributed by atoms with Crippen LogP contribution in [0.15, 0.2) is 18.2 Å². The van der Waals surface area contributed by atoms with Gasteiger partial charge < -0.3 is 10.6 Å². The highest BCUT2D eigenvalue weighted by molar-refractivity contribution is 7.90. The van der Waals surface area contributed by atoms with Crippen molar-refractivity contribution in [3.8, 4) is 0 Å². The average Bonchev–Trinajstić information content (AvgIpc) is 2.40. The molecule has 0 aromatic heterocycles. The molecular formula is C13H16Cl2N2O4S. The Balaban J connectivity index is 2.36. The first kappa shape index (κ1) is 18.7. The molecule has 2 amide bonds. The van der Waals surface area contributed by atoms with Crippen LogP contribution in [0, 0.1) is 0 Å². The van der Waals surface area contributed by atoms with Crippen LogP contribution in [0.4, 0.5) is 0 Å².